The lowest BCUT2D eigenvalue weighted by atomic mass is 10.0. The van der Waals surface area contributed by atoms with Crippen molar-refractivity contribution in [3.63, 3.8) is 0 Å². The molecule has 5 nitrogen and oxygen atoms in total. The highest BCUT2D eigenvalue weighted by molar-refractivity contribution is 6.32. The number of aliphatic imine (C=N–C) groups is 1. The third-order valence-electron chi connectivity index (χ3n) is 3.39. The number of benzodiazepines with no additional fused rings is 1. The minimum atomic E-state index is -0.992. The molecule has 6 heteroatoms. The Morgan fingerprint density at radius 1 is 1.22 bits per heavy atom. The largest absolute Gasteiger partial charge is 0.327 e. The second-order valence-electron chi connectivity index (χ2n) is 5.13. The van der Waals surface area contributed by atoms with Crippen molar-refractivity contribution < 1.29 is 9.59 Å². The summed E-state index contributed by atoms with van der Waals surface area (Å²) in [5.74, 6) is -0.722. The summed E-state index contributed by atoms with van der Waals surface area (Å²) in [6, 6.07) is 14.6. The Bertz CT molecular complexity index is 803. The van der Waals surface area contributed by atoms with Gasteiger partial charge in [-0.3, -0.25) is 9.59 Å². The van der Waals surface area contributed by atoms with Gasteiger partial charge in [0.1, 0.15) is 0 Å². The van der Waals surface area contributed by atoms with Crippen molar-refractivity contribution in [1.82, 2.24) is 5.32 Å². The highest BCUT2D eigenvalue weighted by atomic mass is 35.5. The average molecular weight is 328 g/mol. The number of anilines is 1. The number of benzene rings is 2. The maximum absolute atomic E-state index is 12.3. The van der Waals surface area contributed by atoms with E-state index in [0.717, 1.165) is 5.56 Å². The van der Waals surface area contributed by atoms with Gasteiger partial charge in [0.2, 0.25) is 12.1 Å². The molecule has 0 aromatic heterocycles. The molecule has 0 radical (unpaired) electrons. The van der Waals surface area contributed by atoms with Crippen LogP contribution in [0.25, 0.3) is 0 Å². The summed E-state index contributed by atoms with van der Waals surface area (Å²) in [7, 11) is 0. The van der Waals surface area contributed by atoms with Crippen LogP contribution in [-0.4, -0.2) is 23.7 Å². The summed E-state index contributed by atoms with van der Waals surface area (Å²) in [6.07, 6.45) is -0.992. The van der Waals surface area contributed by atoms with Gasteiger partial charge in [-0.25, -0.2) is 4.99 Å². The summed E-state index contributed by atoms with van der Waals surface area (Å²) in [5, 5.41) is 5.87. The van der Waals surface area contributed by atoms with E-state index in [1.807, 2.05) is 30.3 Å². The minimum absolute atomic E-state index is 0.328. The summed E-state index contributed by atoms with van der Waals surface area (Å²) < 4.78 is 0. The molecule has 0 saturated heterocycles. The van der Waals surface area contributed by atoms with Gasteiger partial charge in [0.05, 0.1) is 11.4 Å². The molecule has 2 aromatic carbocycles. The lowest BCUT2D eigenvalue weighted by Gasteiger charge is -2.11. The maximum atomic E-state index is 12.3. The van der Waals surface area contributed by atoms with Crippen LogP contribution in [0.3, 0.4) is 0 Å². The standard InChI is InChI=1S/C17H14ClN3O2/c1-10(22)19-16-17(23)20-14-8-7-12(18)9-13(14)15(21-16)11-5-3-2-4-6-11/h2-9,16H,1H3,(H,19,22)(H,20,23)/t16-/m0/s1. The van der Waals surface area contributed by atoms with E-state index in [2.05, 4.69) is 15.6 Å². The van der Waals surface area contributed by atoms with E-state index >= 15 is 0 Å². The van der Waals surface area contributed by atoms with Gasteiger partial charge in [-0.05, 0) is 18.2 Å². The number of fused-ring (bicyclic) bond motifs is 1. The van der Waals surface area contributed by atoms with E-state index in [9.17, 15) is 9.59 Å². The topological polar surface area (TPSA) is 70.6 Å². The van der Waals surface area contributed by atoms with E-state index < -0.39 is 12.1 Å². The van der Waals surface area contributed by atoms with Crippen LogP contribution in [0.5, 0.6) is 0 Å². The smallest absolute Gasteiger partial charge is 0.269 e. The zero-order valence-electron chi connectivity index (χ0n) is 12.3. The molecule has 0 unspecified atom stereocenters. The van der Waals surface area contributed by atoms with Crippen molar-refractivity contribution in [1.29, 1.82) is 0 Å². The van der Waals surface area contributed by atoms with E-state index in [1.165, 1.54) is 6.92 Å². The van der Waals surface area contributed by atoms with Crippen LogP contribution in [0.1, 0.15) is 18.1 Å². The van der Waals surface area contributed by atoms with E-state index in [4.69, 9.17) is 11.6 Å². The highest BCUT2D eigenvalue weighted by Crippen LogP contribution is 2.26. The molecule has 23 heavy (non-hydrogen) atoms. The maximum Gasteiger partial charge on any atom is 0.269 e. The lowest BCUT2D eigenvalue weighted by Crippen LogP contribution is -2.41. The van der Waals surface area contributed by atoms with Gasteiger partial charge in [0.25, 0.3) is 5.91 Å². The summed E-state index contributed by atoms with van der Waals surface area (Å²) >= 11 is 6.10. The molecule has 2 N–H and O–H groups in total. The first-order chi connectivity index (χ1) is 11.0. The second-order valence-corrected chi connectivity index (χ2v) is 5.56. The number of amides is 2. The van der Waals surface area contributed by atoms with Crippen LogP contribution in [0.2, 0.25) is 5.02 Å². The zero-order valence-corrected chi connectivity index (χ0v) is 13.1. The van der Waals surface area contributed by atoms with Crippen LogP contribution in [-0.2, 0) is 9.59 Å². The number of rotatable bonds is 2. The Kier molecular flexibility index (Phi) is 4.12. The van der Waals surface area contributed by atoms with Gasteiger partial charge in [-0.15, -0.1) is 0 Å². The quantitative estimate of drug-likeness (QED) is 0.890. The van der Waals surface area contributed by atoms with Crippen molar-refractivity contribution in [3.8, 4) is 0 Å². The molecule has 0 aliphatic carbocycles. The molecular weight excluding hydrogens is 314 g/mol. The van der Waals surface area contributed by atoms with Gasteiger partial charge < -0.3 is 10.6 Å². The van der Waals surface area contributed by atoms with Gasteiger partial charge >= 0.3 is 0 Å². The molecule has 1 aliphatic heterocycles. The van der Waals surface area contributed by atoms with Crippen LogP contribution in [0.4, 0.5) is 5.69 Å². The number of hydrogen-bond donors (Lipinski definition) is 2. The Morgan fingerprint density at radius 3 is 2.65 bits per heavy atom. The van der Waals surface area contributed by atoms with Crippen molar-refractivity contribution in [2.24, 2.45) is 4.99 Å². The fraction of sp³-hybridized carbons (Fsp3) is 0.118. The predicted octanol–water partition coefficient (Wildman–Crippen LogP) is 2.59. The Balaban J connectivity index is 2.18. The Labute approximate surface area is 138 Å². The third-order valence-corrected chi connectivity index (χ3v) is 3.62. The van der Waals surface area contributed by atoms with Gasteiger partial charge in [-0.1, -0.05) is 41.9 Å². The first kappa shape index (κ1) is 15.2. The monoisotopic (exact) mass is 327 g/mol. The van der Waals surface area contributed by atoms with Crippen LogP contribution >= 0.6 is 11.6 Å². The van der Waals surface area contributed by atoms with Crippen LogP contribution in [0, 0.1) is 0 Å². The summed E-state index contributed by atoms with van der Waals surface area (Å²) in [4.78, 5) is 28.1. The number of halogens is 1. The fourth-order valence-corrected chi connectivity index (χ4v) is 2.57. The highest BCUT2D eigenvalue weighted by Gasteiger charge is 2.26. The molecule has 1 atom stereocenters. The van der Waals surface area contributed by atoms with Crippen molar-refractivity contribution in [3.05, 3.63) is 64.7 Å². The molecule has 1 heterocycles. The molecule has 0 saturated carbocycles. The zero-order chi connectivity index (χ0) is 16.4. The molecule has 2 aromatic rings. The molecule has 1 aliphatic rings. The van der Waals surface area contributed by atoms with E-state index in [0.29, 0.717) is 22.0 Å². The minimum Gasteiger partial charge on any atom is -0.327 e. The Hall–Kier alpha value is -2.66. The number of nitrogens with one attached hydrogen (secondary N) is 2. The summed E-state index contributed by atoms with van der Waals surface area (Å²) in [6.45, 7) is 1.35. The predicted molar refractivity (Wildman–Crippen MR) is 89.8 cm³/mol. The molecule has 0 spiro atoms. The van der Waals surface area contributed by atoms with Crippen molar-refractivity contribution in [2.75, 3.05) is 5.32 Å². The van der Waals surface area contributed by atoms with Crippen LogP contribution in [0.15, 0.2) is 53.5 Å². The van der Waals surface area contributed by atoms with Crippen LogP contribution < -0.4 is 10.6 Å². The van der Waals surface area contributed by atoms with Gasteiger partial charge in [0, 0.05) is 23.1 Å². The van der Waals surface area contributed by atoms with E-state index in [1.54, 1.807) is 18.2 Å². The van der Waals surface area contributed by atoms with E-state index in [-0.39, 0.29) is 5.91 Å². The normalized spacial score (nSPS) is 16.7. The number of carbonyl (C=O) groups is 2. The number of nitrogens with zero attached hydrogens (tertiary/aromatic N) is 1. The second kappa shape index (κ2) is 6.22. The van der Waals surface area contributed by atoms with Gasteiger partial charge in [-0.2, -0.15) is 0 Å². The lowest BCUT2D eigenvalue weighted by molar-refractivity contribution is -0.125. The molecule has 2 amide bonds. The number of hydrogen-bond acceptors (Lipinski definition) is 3. The molecular formula is C17H14ClN3O2. The van der Waals surface area contributed by atoms with Gasteiger partial charge in [0.15, 0.2) is 0 Å². The summed E-state index contributed by atoms with van der Waals surface area (Å²) in [5.41, 5.74) is 2.75. The first-order valence-electron chi connectivity index (χ1n) is 7.06. The molecule has 116 valence electrons. The third kappa shape index (κ3) is 3.24. The molecule has 3 rings (SSSR count). The fourth-order valence-electron chi connectivity index (χ4n) is 2.40. The molecule has 0 fully saturated rings. The van der Waals surface area contributed by atoms with Crippen molar-refractivity contribution in [2.45, 2.75) is 13.1 Å². The molecule has 0 bridgehead atoms. The Morgan fingerprint density at radius 2 is 1.96 bits per heavy atom. The SMILES string of the molecule is CC(=O)N[C@H]1N=C(c2ccccc2)c2cc(Cl)ccc2NC1=O. The number of carbonyl (C=O) groups excluding carboxylic acids is 2. The average Bonchev–Trinajstić information content (AvgIpc) is 2.65. The first-order valence-corrected chi connectivity index (χ1v) is 7.43. The van der Waals surface area contributed by atoms with Crippen molar-refractivity contribution >= 4 is 34.8 Å².